The van der Waals surface area contributed by atoms with E-state index in [0.717, 1.165) is 23.1 Å². The van der Waals surface area contributed by atoms with Crippen LogP contribution in [0, 0.1) is 5.82 Å². The summed E-state index contributed by atoms with van der Waals surface area (Å²) in [6, 6.07) is 15.7. The number of hydrogen-bond donors (Lipinski definition) is 1. The van der Waals surface area contributed by atoms with Crippen LogP contribution in [0.3, 0.4) is 0 Å². The van der Waals surface area contributed by atoms with Gasteiger partial charge in [-0.25, -0.2) is 4.39 Å². The highest BCUT2D eigenvalue weighted by molar-refractivity contribution is 6.30. The number of carbonyl (C=O) groups is 1. The smallest absolute Gasteiger partial charge is 0.271 e. The third kappa shape index (κ3) is 4.60. The number of carbonyl (C=O) groups excluding carboxylic acids is 1. The minimum absolute atomic E-state index is 0.108. The molecule has 0 saturated carbocycles. The largest absolute Gasteiger partial charge is 0.350 e. The molecule has 30 heavy (non-hydrogen) atoms. The fourth-order valence-corrected chi connectivity index (χ4v) is 3.58. The lowest BCUT2D eigenvalue weighted by Gasteiger charge is -2.32. The first-order valence-corrected chi connectivity index (χ1v) is 10.2. The summed E-state index contributed by atoms with van der Waals surface area (Å²) in [5, 5.41) is 7.78. The number of nitrogens with zero attached hydrogens (tertiary/aromatic N) is 2. The van der Waals surface area contributed by atoms with Crippen molar-refractivity contribution in [2.75, 3.05) is 6.54 Å². The summed E-state index contributed by atoms with van der Waals surface area (Å²) in [5.41, 5.74) is 0.938. The number of benzene rings is 2. The summed E-state index contributed by atoms with van der Waals surface area (Å²) < 4.78 is 14.3. The number of aromatic nitrogens is 2. The molecule has 0 fully saturated rings. The summed E-state index contributed by atoms with van der Waals surface area (Å²) in [6.07, 6.45) is 1.65. The molecule has 0 aliphatic rings. The maximum Gasteiger partial charge on any atom is 0.271 e. The number of amides is 1. The fourth-order valence-electron chi connectivity index (χ4n) is 3.45. The zero-order chi connectivity index (χ0) is 21.7. The van der Waals surface area contributed by atoms with Gasteiger partial charge in [-0.15, -0.1) is 0 Å². The van der Waals surface area contributed by atoms with Crippen LogP contribution in [0.4, 0.5) is 4.39 Å². The lowest BCUT2D eigenvalue weighted by Crippen LogP contribution is -2.40. The quantitative estimate of drug-likeness (QED) is 0.603. The average Bonchev–Trinajstić information content (AvgIpc) is 2.76. The van der Waals surface area contributed by atoms with Crippen LogP contribution in [-0.2, 0) is 5.41 Å². The lowest BCUT2D eigenvalue weighted by atomic mass is 9.76. The molecule has 7 heteroatoms. The molecule has 5 nitrogen and oxygen atoms in total. The molecular weight excluding hydrogens is 405 g/mol. The first-order valence-electron chi connectivity index (χ1n) is 9.79. The Morgan fingerprint density at radius 3 is 2.27 bits per heavy atom. The van der Waals surface area contributed by atoms with Crippen molar-refractivity contribution in [1.82, 2.24) is 15.1 Å². The second-order valence-electron chi connectivity index (χ2n) is 7.12. The van der Waals surface area contributed by atoms with Crippen molar-refractivity contribution >= 4 is 17.5 Å². The molecule has 0 atom stereocenters. The predicted molar refractivity (Wildman–Crippen MR) is 116 cm³/mol. The van der Waals surface area contributed by atoms with E-state index in [4.69, 9.17) is 11.6 Å². The molecule has 0 aliphatic heterocycles. The lowest BCUT2D eigenvalue weighted by molar-refractivity contribution is 0.0934. The summed E-state index contributed by atoms with van der Waals surface area (Å²) in [6.45, 7) is 4.58. The standard InChI is InChI=1S/C23H23ClFN3O2/c1-3-23(4-2,16-5-7-17(24)8-6-16)15-26-22(30)20-13-14-21(29)28(27-20)19-11-9-18(25)10-12-19/h5-14H,3-4,15H2,1-2H3,(H,26,30). The van der Waals surface area contributed by atoms with Gasteiger partial charge >= 0.3 is 0 Å². The highest BCUT2D eigenvalue weighted by Crippen LogP contribution is 2.32. The predicted octanol–water partition coefficient (Wildman–Crippen LogP) is 4.51. The van der Waals surface area contributed by atoms with Gasteiger partial charge in [0.25, 0.3) is 11.5 Å². The van der Waals surface area contributed by atoms with E-state index in [1.165, 1.54) is 36.4 Å². The topological polar surface area (TPSA) is 64.0 Å². The summed E-state index contributed by atoms with van der Waals surface area (Å²) in [5.74, 6) is -0.801. The highest BCUT2D eigenvalue weighted by atomic mass is 35.5. The first-order chi connectivity index (χ1) is 14.4. The molecule has 0 aliphatic carbocycles. The van der Waals surface area contributed by atoms with Crippen LogP contribution in [0.5, 0.6) is 0 Å². The van der Waals surface area contributed by atoms with E-state index < -0.39 is 11.4 Å². The van der Waals surface area contributed by atoms with Gasteiger partial charge in [-0.05, 0) is 60.9 Å². The molecule has 1 amide bonds. The minimum atomic E-state index is -0.418. The molecule has 0 spiro atoms. The van der Waals surface area contributed by atoms with Crippen molar-refractivity contribution in [3.05, 3.63) is 93.1 Å². The second kappa shape index (κ2) is 9.22. The van der Waals surface area contributed by atoms with E-state index in [1.807, 2.05) is 24.3 Å². The van der Waals surface area contributed by atoms with E-state index in [1.54, 1.807) is 0 Å². The molecule has 1 N–H and O–H groups in total. The van der Waals surface area contributed by atoms with Crippen LogP contribution in [0.1, 0.15) is 42.7 Å². The molecule has 2 aromatic carbocycles. The van der Waals surface area contributed by atoms with E-state index in [2.05, 4.69) is 24.3 Å². The van der Waals surface area contributed by atoms with Gasteiger partial charge in [0.15, 0.2) is 0 Å². The molecule has 1 heterocycles. The maximum absolute atomic E-state index is 13.2. The van der Waals surface area contributed by atoms with Gasteiger partial charge in [0, 0.05) is 23.0 Å². The van der Waals surface area contributed by atoms with Crippen molar-refractivity contribution in [2.24, 2.45) is 0 Å². The average molecular weight is 428 g/mol. The van der Waals surface area contributed by atoms with Gasteiger partial charge < -0.3 is 5.32 Å². The monoisotopic (exact) mass is 427 g/mol. The summed E-state index contributed by atoms with van der Waals surface area (Å²) in [7, 11) is 0. The number of nitrogens with one attached hydrogen (secondary N) is 1. The Morgan fingerprint density at radius 2 is 1.67 bits per heavy atom. The number of halogens is 2. The van der Waals surface area contributed by atoms with Crippen LogP contribution in [0.15, 0.2) is 65.5 Å². The van der Waals surface area contributed by atoms with Crippen molar-refractivity contribution in [1.29, 1.82) is 0 Å². The van der Waals surface area contributed by atoms with Gasteiger partial charge in [-0.2, -0.15) is 9.78 Å². The first kappa shape index (κ1) is 21.7. The molecule has 1 aromatic heterocycles. The third-order valence-electron chi connectivity index (χ3n) is 5.50. The Kier molecular flexibility index (Phi) is 6.67. The number of hydrogen-bond acceptors (Lipinski definition) is 3. The molecule has 0 radical (unpaired) electrons. The molecule has 3 aromatic rings. The van der Waals surface area contributed by atoms with Gasteiger partial charge in [-0.1, -0.05) is 37.6 Å². The molecule has 156 valence electrons. The van der Waals surface area contributed by atoms with E-state index >= 15 is 0 Å². The molecule has 0 saturated heterocycles. The Morgan fingerprint density at radius 1 is 1.03 bits per heavy atom. The Labute approximate surface area is 179 Å². The second-order valence-corrected chi connectivity index (χ2v) is 7.56. The molecule has 3 rings (SSSR count). The van der Waals surface area contributed by atoms with E-state index in [9.17, 15) is 14.0 Å². The van der Waals surface area contributed by atoms with Crippen molar-refractivity contribution < 1.29 is 9.18 Å². The zero-order valence-corrected chi connectivity index (χ0v) is 17.6. The van der Waals surface area contributed by atoms with Gasteiger partial charge in [0.05, 0.1) is 5.69 Å². The third-order valence-corrected chi connectivity index (χ3v) is 5.75. The minimum Gasteiger partial charge on any atom is -0.350 e. The summed E-state index contributed by atoms with van der Waals surface area (Å²) >= 11 is 6.02. The van der Waals surface area contributed by atoms with E-state index in [-0.39, 0.29) is 17.0 Å². The van der Waals surface area contributed by atoms with Crippen LogP contribution in [0.25, 0.3) is 5.69 Å². The maximum atomic E-state index is 13.2. The van der Waals surface area contributed by atoms with Crippen LogP contribution < -0.4 is 10.9 Å². The highest BCUT2D eigenvalue weighted by Gasteiger charge is 2.29. The van der Waals surface area contributed by atoms with Crippen LogP contribution in [-0.4, -0.2) is 22.2 Å². The Balaban J connectivity index is 1.83. The fraction of sp³-hybridized carbons (Fsp3) is 0.261. The molecule has 0 bridgehead atoms. The van der Waals surface area contributed by atoms with Gasteiger partial charge in [-0.3, -0.25) is 9.59 Å². The molecule has 0 unspecified atom stereocenters. The van der Waals surface area contributed by atoms with Crippen molar-refractivity contribution in [3.63, 3.8) is 0 Å². The zero-order valence-electron chi connectivity index (χ0n) is 16.9. The number of rotatable bonds is 7. The van der Waals surface area contributed by atoms with Crippen molar-refractivity contribution in [3.8, 4) is 5.69 Å². The molecular formula is C23H23ClFN3O2. The summed E-state index contributed by atoms with van der Waals surface area (Å²) in [4.78, 5) is 25.0. The van der Waals surface area contributed by atoms with Crippen LogP contribution in [0.2, 0.25) is 5.02 Å². The van der Waals surface area contributed by atoms with Crippen molar-refractivity contribution in [2.45, 2.75) is 32.1 Å². The Bertz CT molecular complexity index is 1070. The van der Waals surface area contributed by atoms with E-state index in [0.29, 0.717) is 17.3 Å². The Hall–Kier alpha value is -2.99. The van der Waals surface area contributed by atoms with Gasteiger partial charge in [0.1, 0.15) is 11.5 Å². The van der Waals surface area contributed by atoms with Crippen LogP contribution >= 0.6 is 11.6 Å². The SMILES string of the molecule is CCC(CC)(CNC(=O)c1ccc(=O)n(-c2ccc(F)cc2)n1)c1ccc(Cl)cc1. The normalized spacial score (nSPS) is 11.3. The van der Waals surface area contributed by atoms with Gasteiger partial charge in [0.2, 0.25) is 0 Å².